The van der Waals surface area contributed by atoms with Crippen molar-refractivity contribution in [3.63, 3.8) is 0 Å². The summed E-state index contributed by atoms with van der Waals surface area (Å²) in [6.07, 6.45) is 0. The number of rotatable bonds is 5. The normalized spacial score (nSPS) is 19.9. The lowest BCUT2D eigenvalue weighted by Crippen LogP contribution is -2.45. The summed E-state index contributed by atoms with van der Waals surface area (Å²) in [6, 6.07) is 6.19. The summed E-state index contributed by atoms with van der Waals surface area (Å²) in [6.45, 7) is 8.58. The topological polar surface area (TPSA) is 67.4 Å². The highest BCUT2D eigenvalue weighted by Gasteiger charge is 2.23. The van der Waals surface area contributed by atoms with Crippen LogP contribution in [0.4, 0.5) is 0 Å². The molecule has 0 aliphatic carbocycles. The van der Waals surface area contributed by atoms with E-state index in [2.05, 4.69) is 26.9 Å². The van der Waals surface area contributed by atoms with Crippen LogP contribution in [0.15, 0.2) is 23.6 Å². The van der Waals surface area contributed by atoms with Gasteiger partial charge in [0.25, 0.3) is 5.91 Å². The third kappa shape index (κ3) is 4.44. The molecule has 2 saturated heterocycles. The number of benzene rings is 1. The summed E-state index contributed by atoms with van der Waals surface area (Å²) >= 11 is 1.58. The van der Waals surface area contributed by atoms with E-state index >= 15 is 0 Å². The number of carbonyl (C=O) groups is 1. The molecule has 0 saturated carbocycles. The van der Waals surface area contributed by atoms with Crippen molar-refractivity contribution in [2.75, 3.05) is 59.3 Å². The quantitative estimate of drug-likeness (QED) is 0.715. The van der Waals surface area contributed by atoms with Crippen LogP contribution in [0.3, 0.4) is 0 Å². The average molecular weight is 431 g/mol. The highest BCUT2D eigenvalue weighted by atomic mass is 32.1. The van der Waals surface area contributed by atoms with Crippen molar-refractivity contribution in [2.24, 2.45) is 0 Å². The Morgan fingerprint density at radius 3 is 2.50 bits per heavy atom. The first-order valence-electron chi connectivity index (χ1n) is 10.4. The standard InChI is InChI=1S/C21H26N4O4S/c26-21(25-7-9-27-10-8-25)17-14-30-20(22-17)13-24-5-3-23(4-6-24)12-16-1-2-18-19(11-16)29-15-28-18/h1-2,11,14H,3-10,12-13,15H2. The van der Waals surface area contributed by atoms with Crippen molar-refractivity contribution in [1.29, 1.82) is 0 Å². The van der Waals surface area contributed by atoms with Gasteiger partial charge < -0.3 is 19.1 Å². The van der Waals surface area contributed by atoms with Crippen molar-refractivity contribution in [2.45, 2.75) is 13.1 Å². The number of aromatic nitrogens is 1. The van der Waals surface area contributed by atoms with Gasteiger partial charge in [-0.2, -0.15) is 0 Å². The van der Waals surface area contributed by atoms with E-state index in [1.807, 2.05) is 16.3 Å². The van der Waals surface area contributed by atoms with Gasteiger partial charge in [0.1, 0.15) is 10.7 Å². The molecule has 9 heteroatoms. The Balaban J connectivity index is 1.10. The SMILES string of the molecule is O=C(c1csc(CN2CCN(Cc3ccc4c(c3)OCO4)CC2)n1)N1CCOCC1. The molecular formula is C21H26N4O4S. The number of hydrogen-bond donors (Lipinski definition) is 0. The summed E-state index contributed by atoms with van der Waals surface area (Å²) < 4.78 is 16.2. The first-order chi connectivity index (χ1) is 14.7. The number of hydrogen-bond acceptors (Lipinski definition) is 8. The molecule has 2 fully saturated rings. The van der Waals surface area contributed by atoms with E-state index in [9.17, 15) is 4.79 Å². The number of fused-ring (bicyclic) bond motifs is 1. The molecule has 3 aliphatic heterocycles. The predicted molar refractivity (Wildman–Crippen MR) is 112 cm³/mol. The number of morpholine rings is 1. The molecule has 0 N–H and O–H groups in total. The molecule has 1 aromatic carbocycles. The molecule has 0 bridgehead atoms. The minimum Gasteiger partial charge on any atom is -0.454 e. The molecule has 0 spiro atoms. The van der Waals surface area contributed by atoms with Crippen molar-refractivity contribution >= 4 is 17.2 Å². The van der Waals surface area contributed by atoms with Crippen LogP contribution in [-0.2, 0) is 17.8 Å². The maximum absolute atomic E-state index is 12.6. The van der Waals surface area contributed by atoms with E-state index < -0.39 is 0 Å². The lowest BCUT2D eigenvalue weighted by Gasteiger charge is -2.34. The minimum atomic E-state index is 0.0225. The van der Waals surface area contributed by atoms with Crippen LogP contribution in [0.5, 0.6) is 11.5 Å². The van der Waals surface area contributed by atoms with E-state index in [1.165, 1.54) is 5.56 Å². The van der Waals surface area contributed by atoms with Gasteiger partial charge in [-0.1, -0.05) is 6.07 Å². The van der Waals surface area contributed by atoms with Crippen LogP contribution in [0.25, 0.3) is 0 Å². The maximum atomic E-state index is 12.6. The van der Waals surface area contributed by atoms with Crippen molar-refractivity contribution < 1.29 is 19.0 Å². The lowest BCUT2D eigenvalue weighted by molar-refractivity contribution is 0.0299. The van der Waals surface area contributed by atoms with Gasteiger partial charge in [-0.15, -0.1) is 11.3 Å². The zero-order valence-corrected chi connectivity index (χ0v) is 17.7. The highest BCUT2D eigenvalue weighted by molar-refractivity contribution is 7.09. The molecule has 4 heterocycles. The van der Waals surface area contributed by atoms with Crippen LogP contribution in [0.2, 0.25) is 0 Å². The van der Waals surface area contributed by atoms with Gasteiger partial charge in [0.2, 0.25) is 6.79 Å². The lowest BCUT2D eigenvalue weighted by atomic mass is 10.1. The largest absolute Gasteiger partial charge is 0.454 e. The Labute approximate surface area is 179 Å². The molecule has 8 nitrogen and oxygen atoms in total. The van der Waals surface area contributed by atoms with Crippen LogP contribution >= 0.6 is 11.3 Å². The summed E-state index contributed by atoms with van der Waals surface area (Å²) in [4.78, 5) is 23.9. The molecule has 160 valence electrons. The van der Waals surface area contributed by atoms with Gasteiger partial charge in [-0.05, 0) is 17.7 Å². The Bertz CT molecular complexity index is 891. The Morgan fingerprint density at radius 2 is 1.70 bits per heavy atom. The van der Waals surface area contributed by atoms with Crippen LogP contribution in [-0.4, -0.2) is 84.9 Å². The fraction of sp³-hybridized carbons (Fsp3) is 0.524. The smallest absolute Gasteiger partial charge is 0.273 e. The second kappa shape index (κ2) is 8.89. The van der Waals surface area contributed by atoms with E-state index in [1.54, 1.807) is 11.3 Å². The third-order valence-corrected chi connectivity index (χ3v) is 6.57. The van der Waals surface area contributed by atoms with Gasteiger partial charge >= 0.3 is 0 Å². The molecule has 2 aromatic rings. The monoisotopic (exact) mass is 430 g/mol. The first kappa shape index (κ1) is 19.7. The van der Waals surface area contributed by atoms with E-state index in [-0.39, 0.29) is 5.91 Å². The predicted octanol–water partition coefficient (Wildman–Crippen LogP) is 1.66. The average Bonchev–Trinajstić information content (AvgIpc) is 3.44. The molecule has 30 heavy (non-hydrogen) atoms. The number of nitrogens with zero attached hydrogens (tertiary/aromatic N) is 4. The van der Waals surface area contributed by atoms with Gasteiger partial charge in [0.05, 0.1) is 19.8 Å². The van der Waals surface area contributed by atoms with Crippen LogP contribution in [0.1, 0.15) is 21.1 Å². The molecule has 1 amide bonds. The number of amides is 1. The second-order valence-corrected chi connectivity index (χ2v) is 8.71. The van der Waals surface area contributed by atoms with Gasteiger partial charge in [-0.3, -0.25) is 14.6 Å². The zero-order chi connectivity index (χ0) is 20.3. The second-order valence-electron chi connectivity index (χ2n) is 7.77. The Kier molecular flexibility index (Phi) is 5.85. The van der Waals surface area contributed by atoms with E-state index in [0.29, 0.717) is 38.8 Å². The van der Waals surface area contributed by atoms with Crippen molar-refractivity contribution in [3.05, 3.63) is 39.8 Å². The Hall–Kier alpha value is -2.20. The molecule has 0 atom stereocenters. The van der Waals surface area contributed by atoms with Crippen molar-refractivity contribution in [1.82, 2.24) is 19.7 Å². The molecule has 5 rings (SSSR count). The number of thiazole rings is 1. The molecule has 1 aromatic heterocycles. The summed E-state index contributed by atoms with van der Waals surface area (Å²) in [5, 5.41) is 2.90. The van der Waals surface area contributed by atoms with Gasteiger partial charge in [0, 0.05) is 51.2 Å². The summed E-state index contributed by atoms with van der Waals surface area (Å²) in [5.41, 5.74) is 1.82. The summed E-state index contributed by atoms with van der Waals surface area (Å²) in [5.74, 6) is 1.70. The minimum absolute atomic E-state index is 0.0225. The van der Waals surface area contributed by atoms with Crippen LogP contribution < -0.4 is 9.47 Å². The number of ether oxygens (including phenoxy) is 3. The van der Waals surface area contributed by atoms with Crippen molar-refractivity contribution in [3.8, 4) is 11.5 Å². The molecular weight excluding hydrogens is 404 g/mol. The number of carbonyl (C=O) groups excluding carboxylic acids is 1. The fourth-order valence-electron chi connectivity index (χ4n) is 4.00. The Morgan fingerprint density at radius 1 is 0.967 bits per heavy atom. The maximum Gasteiger partial charge on any atom is 0.273 e. The summed E-state index contributed by atoms with van der Waals surface area (Å²) in [7, 11) is 0. The molecule has 0 radical (unpaired) electrons. The number of piperazine rings is 1. The molecule has 3 aliphatic rings. The zero-order valence-electron chi connectivity index (χ0n) is 16.9. The van der Waals surface area contributed by atoms with Crippen LogP contribution in [0, 0.1) is 0 Å². The van der Waals surface area contributed by atoms with E-state index in [4.69, 9.17) is 14.2 Å². The highest BCUT2D eigenvalue weighted by Crippen LogP contribution is 2.32. The third-order valence-electron chi connectivity index (χ3n) is 5.74. The molecule has 0 unspecified atom stereocenters. The van der Waals surface area contributed by atoms with E-state index in [0.717, 1.165) is 55.8 Å². The fourth-order valence-corrected chi connectivity index (χ4v) is 4.81. The van der Waals surface area contributed by atoms with Gasteiger partial charge in [-0.25, -0.2) is 4.98 Å². The van der Waals surface area contributed by atoms with Gasteiger partial charge in [0.15, 0.2) is 11.5 Å². The first-order valence-corrected chi connectivity index (χ1v) is 11.3.